The van der Waals surface area contributed by atoms with Crippen molar-refractivity contribution >= 4 is 21.8 Å². The van der Waals surface area contributed by atoms with Gasteiger partial charge in [0.2, 0.25) is 0 Å². The molecule has 2 rings (SSSR count). The molecule has 0 aliphatic heterocycles. The van der Waals surface area contributed by atoms with Gasteiger partial charge in [0.05, 0.1) is 12.2 Å². The molecule has 104 valence electrons. The van der Waals surface area contributed by atoms with E-state index in [1.165, 1.54) is 18.2 Å². The lowest BCUT2D eigenvalue weighted by atomic mass is 10.1. The minimum atomic E-state index is -0.458. The van der Waals surface area contributed by atoms with Crippen molar-refractivity contribution < 1.29 is 14.3 Å². The van der Waals surface area contributed by atoms with Crippen LogP contribution in [0.5, 0.6) is 0 Å². The molecule has 1 amide bonds. The molecule has 2 aromatic carbocycles. The van der Waals surface area contributed by atoms with Crippen LogP contribution in [0.2, 0.25) is 0 Å². The highest BCUT2D eigenvalue weighted by Gasteiger charge is 2.10. The fourth-order valence-electron chi connectivity index (χ4n) is 1.79. The number of halogens is 2. The Morgan fingerprint density at radius 2 is 1.95 bits per heavy atom. The summed E-state index contributed by atoms with van der Waals surface area (Å²) < 4.78 is 13.7. The Hall–Kier alpha value is -1.72. The van der Waals surface area contributed by atoms with E-state index in [9.17, 15) is 9.18 Å². The van der Waals surface area contributed by atoms with E-state index in [0.717, 1.165) is 11.1 Å². The van der Waals surface area contributed by atoms with Gasteiger partial charge in [-0.05, 0) is 45.3 Å². The molecule has 0 heterocycles. The molecule has 0 saturated carbocycles. The fraction of sp³-hybridized carbons (Fsp3) is 0.133. The van der Waals surface area contributed by atoms with Crippen LogP contribution in [0.15, 0.2) is 46.9 Å². The standard InChI is InChI=1S/C15H13BrFNO2/c16-14-5-4-12(17)7-13(14)15(20)18-8-10-2-1-3-11(6-10)9-19/h1-7,19H,8-9H2,(H,18,20). The zero-order valence-corrected chi connectivity index (χ0v) is 12.2. The third-order valence-corrected chi connectivity index (χ3v) is 3.49. The first-order valence-corrected chi connectivity index (χ1v) is 6.81. The first kappa shape index (κ1) is 14.7. The molecule has 0 unspecified atom stereocenters. The molecule has 5 heteroatoms. The summed E-state index contributed by atoms with van der Waals surface area (Å²) >= 11 is 3.22. The Morgan fingerprint density at radius 1 is 1.20 bits per heavy atom. The molecule has 0 saturated heterocycles. The van der Waals surface area contributed by atoms with E-state index in [2.05, 4.69) is 21.2 Å². The number of amides is 1. The van der Waals surface area contributed by atoms with E-state index < -0.39 is 5.82 Å². The normalized spacial score (nSPS) is 10.3. The van der Waals surface area contributed by atoms with Crippen molar-refractivity contribution in [1.82, 2.24) is 5.32 Å². The molecule has 0 spiro atoms. The van der Waals surface area contributed by atoms with Crippen LogP contribution >= 0.6 is 15.9 Å². The number of hydrogen-bond acceptors (Lipinski definition) is 2. The lowest BCUT2D eigenvalue weighted by molar-refractivity contribution is 0.0949. The van der Waals surface area contributed by atoms with Crippen molar-refractivity contribution in [3.05, 3.63) is 69.4 Å². The molecule has 0 atom stereocenters. The van der Waals surface area contributed by atoms with E-state index >= 15 is 0 Å². The number of carbonyl (C=O) groups is 1. The summed E-state index contributed by atoms with van der Waals surface area (Å²) in [5, 5.41) is 11.8. The number of rotatable bonds is 4. The molecular weight excluding hydrogens is 325 g/mol. The van der Waals surface area contributed by atoms with Crippen LogP contribution in [-0.4, -0.2) is 11.0 Å². The lowest BCUT2D eigenvalue weighted by Crippen LogP contribution is -2.23. The van der Waals surface area contributed by atoms with Crippen molar-refractivity contribution in [3.63, 3.8) is 0 Å². The molecule has 0 radical (unpaired) electrons. The number of aliphatic hydroxyl groups is 1. The SMILES string of the molecule is O=C(NCc1cccc(CO)c1)c1cc(F)ccc1Br. The Balaban J connectivity index is 2.06. The lowest BCUT2D eigenvalue weighted by Gasteiger charge is -2.08. The molecule has 0 fully saturated rings. The predicted octanol–water partition coefficient (Wildman–Crippen LogP) is 3.01. The molecule has 0 aliphatic carbocycles. The predicted molar refractivity (Wildman–Crippen MR) is 77.6 cm³/mol. The monoisotopic (exact) mass is 337 g/mol. The van der Waals surface area contributed by atoms with Gasteiger partial charge >= 0.3 is 0 Å². The van der Waals surface area contributed by atoms with Gasteiger partial charge in [-0.3, -0.25) is 4.79 Å². The molecule has 2 aromatic rings. The highest BCUT2D eigenvalue weighted by atomic mass is 79.9. The summed E-state index contributed by atoms with van der Waals surface area (Å²) in [6, 6.07) is 11.2. The fourth-order valence-corrected chi connectivity index (χ4v) is 2.21. The highest BCUT2D eigenvalue weighted by molar-refractivity contribution is 9.10. The second-order valence-corrected chi connectivity index (χ2v) is 5.14. The van der Waals surface area contributed by atoms with Crippen molar-refractivity contribution in [1.29, 1.82) is 0 Å². The molecule has 20 heavy (non-hydrogen) atoms. The smallest absolute Gasteiger partial charge is 0.252 e. The van der Waals surface area contributed by atoms with Crippen molar-refractivity contribution in [2.24, 2.45) is 0 Å². The van der Waals surface area contributed by atoms with Crippen LogP contribution in [0.4, 0.5) is 4.39 Å². The third-order valence-electron chi connectivity index (χ3n) is 2.80. The van der Waals surface area contributed by atoms with Crippen LogP contribution in [0.3, 0.4) is 0 Å². The minimum absolute atomic E-state index is 0.0444. The molecule has 0 aliphatic rings. The first-order valence-electron chi connectivity index (χ1n) is 6.02. The number of benzene rings is 2. The zero-order valence-electron chi connectivity index (χ0n) is 10.6. The van der Waals surface area contributed by atoms with Gasteiger partial charge in [0.1, 0.15) is 5.82 Å². The van der Waals surface area contributed by atoms with E-state index in [0.29, 0.717) is 11.0 Å². The van der Waals surface area contributed by atoms with E-state index in [1.54, 1.807) is 12.1 Å². The van der Waals surface area contributed by atoms with Gasteiger partial charge < -0.3 is 10.4 Å². The average molecular weight is 338 g/mol. The number of aliphatic hydroxyl groups excluding tert-OH is 1. The Labute approximate surface area is 124 Å². The van der Waals surface area contributed by atoms with Gasteiger partial charge in [-0.1, -0.05) is 24.3 Å². The quantitative estimate of drug-likeness (QED) is 0.900. The highest BCUT2D eigenvalue weighted by Crippen LogP contribution is 2.17. The summed E-state index contributed by atoms with van der Waals surface area (Å²) in [6.07, 6.45) is 0. The van der Waals surface area contributed by atoms with Crippen LogP contribution in [0.25, 0.3) is 0 Å². The minimum Gasteiger partial charge on any atom is -0.392 e. The van der Waals surface area contributed by atoms with E-state index in [-0.39, 0.29) is 18.1 Å². The summed E-state index contributed by atoms with van der Waals surface area (Å²) in [7, 11) is 0. The first-order chi connectivity index (χ1) is 9.60. The average Bonchev–Trinajstić information content (AvgIpc) is 2.47. The van der Waals surface area contributed by atoms with Crippen LogP contribution in [-0.2, 0) is 13.2 Å². The van der Waals surface area contributed by atoms with Gasteiger partial charge in [0.25, 0.3) is 5.91 Å². The zero-order chi connectivity index (χ0) is 14.5. The molecule has 0 bridgehead atoms. The van der Waals surface area contributed by atoms with Crippen molar-refractivity contribution in [3.8, 4) is 0 Å². The van der Waals surface area contributed by atoms with Crippen LogP contribution in [0.1, 0.15) is 21.5 Å². The second kappa shape index (κ2) is 6.63. The second-order valence-electron chi connectivity index (χ2n) is 4.28. The van der Waals surface area contributed by atoms with Crippen LogP contribution < -0.4 is 5.32 Å². The van der Waals surface area contributed by atoms with Gasteiger partial charge in [-0.2, -0.15) is 0 Å². The van der Waals surface area contributed by atoms with Crippen LogP contribution in [0, 0.1) is 5.82 Å². The van der Waals surface area contributed by atoms with E-state index in [1.807, 2.05) is 12.1 Å². The molecule has 3 nitrogen and oxygen atoms in total. The largest absolute Gasteiger partial charge is 0.392 e. The summed E-state index contributed by atoms with van der Waals surface area (Å²) in [4.78, 5) is 12.0. The molecule has 2 N–H and O–H groups in total. The third kappa shape index (κ3) is 3.65. The molecule has 0 aromatic heterocycles. The van der Waals surface area contributed by atoms with Gasteiger partial charge in [0, 0.05) is 11.0 Å². The van der Waals surface area contributed by atoms with Gasteiger partial charge in [-0.15, -0.1) is 0 Å². The number of carbonyl (C=O) groups excluding carboxylic acids is 1. The maximum atomic E-state index is 13.1. The maximum absolute atomic E-state index is 13.1. The topological polar surface area (TPSA) is 49.3 Å². The molecular formula is C15H13BrFNO2. The Bertz CT molecular complexity index is 631. The van der Waals surface area contributed by atoms with E-state index in [4.69, 9.17) is 5.11 Å². The van der Waals surface area contributed by atoms with Gasteiger partial charge in [0.15, 0.2) is 0 Å². The summed E-state index contributed by atoms with van der Waals surface area (Å²) in [6.45, 7) is 0.271. The Morgan fingerprint density at radius 3 is 2.70 bits per heavy atom. The maximum Gasteiger partial charge on any atom is 0.252 e. The number of nitrogens with one attached hydrogen (secondary N) is 1. The summed E-state index contributed by atoms with van der Waals surface area (Å²) in [5.41, 5.74) is 1.91. The Kier molecular flexibility index (Phi) is 4.87. The van der Waals surface area contributed by atoms with Gasteiger partial charge in [-0.25, -0.2) is 4.39 Å². The van der Waals surface area contributed by atoms with Crippen molar-refractivity contribution in [2.75, 3.05) is 0 Å². The number of hydrogen-bond donors (Lipinski definition) is 2. The summed E-state index contributed by atoms with van der Waals surface area (Å²) in [5.74, 6) is -0.814. The van der Waals surface area contributed by atoms with Crippen molar-refractivity contribution in [2.45, 2.75) is 13.2 Å².